The fourth-order valence-electron chi connectivity index (χ4n) is 2.22. The minimum atomic E-state index is -1.11. The smallest absolute Gasteiger partial charge is 0.305 e. The van der Waals surface area contributed by atoms with Crippen molar-refractivity contribution in [3.63, 3.8) is 0 Å². The minimum Gasteiger partial charge on any atom is -0.481 e. The van der Waals surface area contributed by atoms with Gasteiger partial charge in [-0.25, -0.2) is 0 Å². The van der Waals surface area contributed by atoms with Gasteiger partial charge in [0.25, 0.3) is 0 Å². The quantitative estimate of drug-likeness (QED) is 0.703. The van der Waals surface area contributed by atoms with E-state index in [1.54, 1.807) is 0 Å². The van der Waals surface area contributed by atoms with Crippen LogP contribution in [0.2, 0.25) is 0 Å². The van der Waals surface area contributed by atoms with Crippen molar-refractivity contribution in [1.82, 2.24) is 10.2 Å². The second kappa shape index (κ2) is 6.74. The maximum absolute atomic E-state index is 12.2. The number of benzene rings is 1. The SMILES string of the molecule is O=C(O)CC1C(=O)NCCN1C(=O)CNc1ccccc1. The van der Waals surface area contributed by atoms with Crippen molar-refractivity contribution >= 4 is 23.5 Å². The number of hydrogen-bond acceptors (Lipinski definition) is 4. The molecular formula is C14H17N3O4. The molecule has 0 saturated carbocycles. The number of rotatable bonds is 5. The van der Waals surface area contributed by atoms with E-state index in [1.165, 1.54) is 4.90 Å². The molecule has 3 N–H and O–H groups in total. The molecule has 1 aliphatic rings. The summed E-state index contributed by atoms with van der Waals surface area (Å²) in [6.07, 6.45) is -0.386. The zero-order valence-corrected chi connectivity index (χ0v) is 11.4. The summed E-state index contributed by atoms with van der Waals surface area (Å²) in [6, 6.07) is 8.25. The van der Waals surface area contributed by atoms with Crippen LogP contribution in [0.15, 0.2) is 30.3 Å². The molecule has 1 aromatic rings. The van der Waals surface area contributed by atoms with E-state index in [4.69, 9.17) is 5.11 Å². The summed E-state index contributed by atoms with van der Waals surface area (Å²) < 4.78 is 0. The van der Waals surface area contributed by atoms with E-state index in [2.05, 4.69) is 10.6 Å². The average molecular weight is 291 g/mol. The molecule has 1 heterocycles. The number of carboxylic acid groups (broad SMARTS) is 1. The van der Waals surface area contributed by atoms with E-state index in [-0.39, 0.29) is 18.9 Å². The van der Waals surface area contributed by atoms with Crippen LogP contribution in [0.25, 0.3) is 0 Å². The second-order valence-corrected chi connectivity index (χ2v) is 4.71. The molecule has 7 heteroatoms. The summed E-state index contributed by atoms with van der Waals surface area (Å²) in [5.41, 5.74) is 0.794. The van der Waals surface area contributed by atoms with Gasteiger partial charge < -0.3 is 20.6 Å². The van der Waals surface area contributed by atoms with Crippen molar-refractivity contribution < 1.29 is 19.5 Å². The highest BCUT2D eigenvalue weighted by atomic mass is 16.4. The van der Waals surface area contributed by atoms with Crippen molar-refractivity contribution in [3.8, 4) is 0 Å². The van der Waals surface area contributed by atoms with Gasteiger partial charge in [-0.1, -0.05) is 18.2 Å². The molecule has 0 radical (unpaired) electrons. The molecule has 1 fully saturated rings. The Morgan fingerprint density at radius 3 is 2.71 bits per heavy atom. The molecule has 112 valence electrons. The minimum absolute atomic E-state index is 0.0212. The van der Waals surface area contributed by atoms with Gasteiger partial charge in [0.1, 0.15) is 6.04 Å². The van der Waals surface area contributed by atoms with Crippen molar-refractivity contribution in [2.24, 2.45) is 0 Å². The number of carbonyl (C=O) groups is 3. The maximum Gasteiger partial charge on any atom is 0.305 e. The molecule has 21 heavy (non-hydrogen) atoms. The predicted octanol–water partition coefficient (Wildman–Crippen LogP) is -0.0998. The lowest BCUT2D eigenvalue weighted by atomic mass is 10.1. The van der Waals surface area contributed by atoms with Crippen molar-refractivity contribution in [1.29, 1.82) is 0 Å². The number of hydrogen-bond donors (Lipinski definition) is 3. The lowest BCUT2D eigenvalue weighted by Gasteiger charge is -2.34. The number of nitrogens with zero attached hydrogens (tertiary/aromatic N) is 1. The standard InChI is InChI=1S/C14H17N3O4/c18-12(9-16-10-4-2-1-3-5-10)17-7-6-15-14(21)11(17)8-13(19)20/h1-5,11,16H,6-9H2,(H,15,21)(H,19,20). The normalized spacial score (nSPS) is 18.0. The van der Waals surface area contributed by atoms with E-state index in [1.807, 2.05) is 30.3 Å². The molecule has 1 atom stereocenters. The summed E-state index contributed by atoms with van der Waals surface area (Å²) >= 11 is 0. The van der Waals surface area contributed by atoms with Crippen LogP contribution in [0, 0.1) is 0 Å². The summed E-state index contributed by atoms with van der Waals surface area (Å²) in [5.74, 6) is -1.82. The number of nitrogens with one attached hydrogen (secondary N) is 2. The van der Waals surface area contributed by atoms with E-state index in [0.717, 1.165) is 5.69 Å². The van der Waals surface area contributed by atoms with Gasteiger partial charge in [0.2, 0.25) is 11.8 Å². The monoisotopic (exact) mass is 291 g/mol. The first-order valence-corrected chi connectivity index (χ1v) is 6.66. The second-order valence-electron chi connectivity index (χ2n) is 4.71. The van der Waals surface area contributed by atoms with Crippen LogP contribution in [0.1, 0.15) is 6.42 Å². The van der Waals surface area contributed by atoms with Gasteiger partial charge in [0.05, 0.1) is 13.0 Å². The van der Waals surface area contributed by atoms with Crippen LogP contribution in [-0.4, -0.2) is 53.5 Å². The molecule has 1 unspecified atom stereocenters. The molecule has 1 aromatic carbocycles. The first-order chi connectivity index (χ1) is 10.1. The Labute approximate surface area is 121 Å². The first kappa shape index (κ1) is 14.8. The van der Waals surface area contributed by atoms with Gasteiger partial charge in [0.15, 0.2) is 0 Å². The largest absolute Gasteiger partial charge is 0.481 e. The van der Waals surface area contributed by atoms with E-state index < -0.39 is 17.9 Å². The van der Waals surface area contributed by atoms with E-state index in [0.29, 0.717) is 13.1 Å². The highest BCUT2D eigenvalue weighted by Crippen LogP contribution is 2.10. The average Bonchev–Trinajstić information content (AvgIpc) is 2.47. The molecule has 0 aliphatic carbocycles. The van der Waals surface area contributed by atoms with Gasteiger partial charge in [0, 0.05) is 18.8 Å². The maximum atomic E-state index is 12.2. The van der Waals surface area contributed by atoms with Crippen molar-refractivity contribution in [3.05, 3.63) is 30.3 Å². The fraction of sp³-hybridized carbons (Fsp3) is 0.357. The lowest BCUT2D eigenvalue weighted by molar-refractivity contribution is -0.148. The molecule has 7 nitrogen and oxygen atoms in total. The van der Waals surface area contributed by atoms with Gasteiger partial charge in [-0.3, -0.25) is 14.4 Å². The molecule has 1 saturated heterocycles. The molecular weight excluding hydrogens is 274 g/mol. The summed E-state index contributed by atoms with van der Waals surface area (Å²) in [7, 11) is 0. The van der Waals surface area contributed by atoms with E-state index in [9.17, 15) is 14.4 Å². The van der Waals surface area contributed by atoms with Gasteiger partial charge in [-0.05, 0) is 12.1 Å². The zero-order valence-electron chi connectivity index (χ0n) is 11.4. The molecule has 2 amide bonds. The fourth-order valence-corrected chi connectivity index (χ4v) is 2.22. The topological polar surface area (TPSA) is 98.7 Å². The van der Waals surface area contributed by atoms with Crippen LogP contribution >= 0.6 is 0 Å². The molecule has 0 aromatic heterocycles. The lowest BCUT2D eigenvalue weighted by Crippen LogP contribution is -2.58. The Morgan fingerprint density at radius 1 is 1.33 bits per heavy atom. The first-order valence-electron chi connectivity index (χ1n) is 6.66. The predicted molar refractivity (Wildman–Crippen MR) is 75.7 cm³/mol. The Kier molecular flexibility index (Phi) is 4.76. The number of para-hydroxylation sites is 1. The Bertz CT molecular complexity index is 532. The Balaban J connectivity index is 1.98. The highest BCUT2D eigenvalue weighted by molar-refractivity contribution is 5.92. The van der Waals surface area contributed by atoms with Crippen LogP contribution in [0.3, 0.4) is 0 Å². The van der Waals surface area contributed by atoms with Crippen molar-refractivity contribution in [2.45, 2.75) is 12.5 Å². The number of anilines is 1. The third-order valence-electron chi connectivity index (χ3n) is 3.24. The van der Waals surface area contributed by atoms with Gasteiger partial charge >= 0.3 is 5.97 Å². The van der Waals surface area contributed by atoms with Crippen LogP contribution in [0.5, 0.6) is 0 Å². The summed E-state index contributed by atoms with van der Waals surface area (Å²) in [5, 5.41) is 14.4. The third kappa shape index (κ3) is 3.95. The highest BCUT2D eigenvalue weighted by Gasteiger charge is 2.34. The van der Waals surface area contributed by atoms with Gasteiger partial charge in [-0.2, -0.15) is 0 Å². The summed E-state index contributed by atoms with van der Waals surface area (Å²) in [4.78, 5) is 36.1. The third-order valence-corrected chi connectivity index (χ3v) is 3.24. The molecule has 0 bridgehead atoms. The van der Waals surface area contributed by atoms with Crippen LogP contribution in [0.4, 0.5) is 5.69 Å². The summed E-state index contributed by atoms with van der Waals surface area (Å²) in [6.45, 7) is 0.679. The zero-order chi connectivity index (χ0) is 15.2. The number of carbonyl (C=O) groups excluding carboxylic acids is 2. The Morgan fingerprint density at radius 2 is 2.05 bits per heavy atom. The Hall–Kier alpha value is -2.57. The van der Waals surface area contributed by atoms with Crippen molar-refractivity contribution in [2.75, 3.05) is 25.0 Å². The van der Waals surface area contributed by atoms with Crippen LogP contribution in [-0.2, 0) is 14.4 Å². The van der Waals surface area contributed by atoms with E-state index >= 15 is 0 Å². The molecule has 1 aliphatic heterocycles. The van der Waals surface area contributed by atoms with Crippen LogP contribution < -0.4 is 10.6 Å². The number of aliphatic carboxylic acids is 1. The van der Waals surface area contributed by atoms with Gasteiger partial charge in [-0.15, -0.1) is 0 Å². The number of amides is 2. The number of piperazine rings is 1. The number of carboxylic acids is 1. The molecule has 0 spiro atoms. The molecule has 2 rings (SSSR count).